The smallest absolute Gasteiger partial charge is 0.248 e. The van der Waals surface area contributed by atoms with Gasteiger partial charge in [0, 0.05) is 11.8 Å². The first kappa shape index (κ1) is 13.9. The van der Waals surface area contributed by atoms with Gasteiger partial charge in [0.2, 0.25) is 5.91 Å². The minimum Gasteiger partial charge on any atom is -0.494 e. The summed E-state index contributed by atoms with van der Waals surface area (Å²) in [5.74, 6) is 0.684. The van der Waals surface area contributed by atoms with Crippen molar-refractivity contribution in [2.75, 3.05) is 11.9 Å². The second kappa shape index (κ2) is 7.14. The third-order valence-corrected chi connectivity index (χ3v) is 2.66. The summed E-state index contributed by atoms with van der Waals surface area (Å²) in [6, 6.07) is 17.0. The second-order valence-corrected chi connectivity index (χ2v) is 4.19. The molecule has 0 unspecified atom stereocenters. The van der Waals surface area contributed by atoms with Crippen molar-refractivity contribution in [1.29, 1.82) is 0 Å². The van der Waals surface area contributed by atoms with Gasteiger partial charge in [-0.25, -0.2) is 0 Å². The van der Waals surface area contributed by atoms with Crippen LogP contribution < -0.4 is 10.1 Å². The van der Waals surface area contributed by atoms with Gasteiger partial charge in [0.05, 0.1) is 6.61 Å². The summed E-state index contributed by atoms with van der Waals surface area (Å²) >= 11 is 0. The van der Waals surface area contributed by atoms with E-state index in [1.807, 2.05) is 61.5 Å². The van der Waals surface area contributed by atoms with Gasteiger partial charge in [-0.3, -0.25) is 4.79 Å². The number of hydrogen-bond donors (Lipinski definition) is 1. The molecule has 0 saturated heterocycles. The zero-order valence-corrected chi connectivity index (χ0v) is 11.4. The molecule has 0 saturated carbocycles. The minimum atomic E-state index is -0.148. The molecule has 1 amide bonds. The molecule has 0 spiro atoms. The van der Waals surface area contributed by atoms with E-state index in [0.29, 0.717) is 6.61 Å². The Balaban J connectivity index is 1.93. The maximum absolute atomic E-state index is 11.7. The number of ether oxygens (including phenoxy) is 1. The quantitative estimate of drug-likeness (QED) is 0.838. The first-order chi connectivity index (χ1) is 9.78. The molecule has 2 rings (SSSR count). The number of benzene rings is 2. The normalized spacial score (nSPS) is 10.4. The van der Waals surface area contributed by atoms with Gasteiger partial charge in [-0.05, 0) is 42.8 Å². The lowest BCUT2D eigenvalue weighted by atomic mass is 10.2. The molecule has 0 radical (unpaired) electrons. The Hall–Kier alpha value is -2.55. The van der Waals surface area contributed by atoms with Crippen molar-refractivity contribution >= 4 is 17.7 Å². The summed E-state index contributed by atoms with van der Waals surface area (Å²) < 4.78 is 5.36. The van der Waals surface area contributed by atoms with Gasteiger partial charge in [-0.1, -0.05) is 30.3 Å². The van der Waals surface area contributed by atoms with E-state index in [4.69, 9.17) is 4.74 Å². The van der Waals surface area contributed by atoms with Crippen LogP contribution >= 0.6 is 0 Å². The molecular formula is C17H17NO2. The lowest BCUT2D eigenvalue weighted by Crippen LogP contribution is -2.07. The molecule has 3 heteroatoms. The van der Waals surface area contributed by atoms with Crippen molar-refractivity contribution in [2.45, 2.75) is 6.92 Å². The standard InChI is InChI=1S/C17H17NO2/c1-2-20-16-11-8-14(9-12-16)10-13-17(19)18-15-6-4-3-5-7-15/h3-13H,2H2,1H3,(H,18,19)/b13-10+. The molecule has 0 aliphatic rings. The van der Waals surface area contributed by atoms with Crippen LogP contribution in [-0.2, 0) is 4.79 Å². The number of nitrogens with one attached hydrogen (secondary N) is 1. The fourth-order valence-corrected chi connectivity index (χ4v) is 1.72. The van der Waals surface area contributed by atoms with Gasteiger partial charge in [-0.2, -0.15) is 0 Å². The van der Waals surface area contributed by atoms with Crippen LogP contribution in [-0.4, -0.2) is 12.5 Å². The third-order valence-electron chi connectivity index (χ3n) is 2.66. The van der Waals surface area contributed by atoms with Gasteiger partial charge < -0.3 is 10.1 Å². The summed E-state index contributed by atoms with van der Waals surface area (Å²) in [6.45, 7) is 2.59. The number of hydrogen-bond acceptors (Lipinski definition) is 2. The Bertz CT molecular complexity index is 574. The summed E-state index contributed by atoms with van der Waals surface area (Å²) in [5, 5.41) is 2.79. The number of amides is 1. The highest BCUT2D eigenvalue weighted by atomic mass is 16.5. The third kappa shape index (κ3) is 4.28. The lowest BCUT2D eigenvalue weighted by molar-refractivity contribution is -0.111. The largest absolute Gasteiger partial charge is 0.494 e. The fourth-order valence-electron chi connectivity index (χ4n) is 1.72. The number of carbonyl (C=O) groups excluding carboxylic acids is 1. The van der Waals surface area contributed by atoms with Crippen LogP contribution in [0.1, 0.15) is 12.5 Å². The van der Waals surface area contributed by atoms with Crippen molar-refractivity contribution in [3.8, 4) is 5.75 Å². The summed E-state index contributed by atoms with van der Waals surface area (Å²) in [6.07, 6.45) is 3.29. The zero-order valence-electron chi connectivity index (χ0n) is 11.4. The summed E-state index contributed by atoms with van der Waals surface area (Å²) in [4.78, 5) is 11.7. The van der Waals surface area contributed by atoms with E-state index < -0.39 is 0 Å². The topological polar surface area (TPSA) is 38.3 Å². The molecule has 0 atom stereocenters. The van der Waals surface area contributed by atoms with Crippen LogP contribution in [0.3, 0.4) is 0 Å². The molecule has 0 heterocycles. The molecule has 3 nitrogen and oxygen atoms in total. The molecule has 20 heavy (non-hydrogen) atoms. The molecule has 2 aromatic carbocycles. The highest BCUT2D eigenvalue weighted by Gasteiger charge is 1.97. The lowest BCUT2D eigenvalue weighted by Gasteiger charge is -2.02. The number of rotatable bonds is 5. The van der Waals surface area contributed by atoms with Crippen molar-refractivity contribution in [3.05, 3.63) is 66.2 Å². The summed E-state index contributed by atoms with van der Waals surface area (Å²) in [7, 11) is 0. The SMILES string of the molecule is CCOc1ccc(/C=C/C(=O)Nc2ccccc2)cc1. The molecule has 0 bridgehead atoms. The van der Waals surface area contributed by atoms with Crippen LogP contribution in [0.4, 0.5) is 5.69 Å². The fraction of sp³-hybridized carbons (Fsp3) is 0.118. The van der Waals surface area contributed by atoms with Crippen molar-refractivity contribution in [2.24, 2.45) is 0 Å². The molecule has 0 aliphatic carbocycles. The van der Waals surface area contributed by atoms with Crippen LogP contribution in [0, 0.1) is 0 Å². The Morgan fingerprint density at radius 3 is 2.45 bits per heavy atom. The van der Waals surface area contributed by atoms with Gasteiger partial charge in [0.15, 0.2) is 0 Å². The van der Waals surface area contributed by atoms with Gasteiger partial charge in [0.25, 0.3) is 0 Å². The van der Waals surface area contributed by atoms with E-state index in [9.17, 15) is 4.79 Å². The Morgan fingerprint density at radius 2 is 1.80 bits per heavy atom. The molecule has 0 aliphatic heterocycles. The number of para-hydroxylation sites is 1. The van der Waals surface area contributed by atoms with Crippen LogP contribution in [0.2, 0.25) is 0 Å². The highest BCUT2D eigenvalue weighted by molar-refractivity contribution is 6.01. The summed E-state index contributed by atoms with van der Waals surface area (Å²) in [5.41, 5.74) is 1.74. The average Bonchev–Trinajstić information content (AvgIpc) is 2.48. The Morgan fingerprint density at radius 1 is 1.10 bits per heavy atom. The zero-order chi connectivity index (χ0) is 14.2. The average molecular weight is 267 g/mol. The van der Waals surface area contributed by atoms with Gasteiger partial charge >= 0.3 is 0 Å². The molecule has 2 aromatic rings. The highest BCUT2D eigenvalue weighted by Crippen LogP contribution is 2.13. The molecule has 0 aromatic heterocycles. The Kier molecular flexibility index (Phi) is 4.95. The van der Waals surface area contributed by atoms with Crippen LogP contribution in [0.15, 0.2) is 60.7 Å². The predicted octanol–water partition coefficient (Wildman–Crippen LogP) is 3.74. The Labute approximate surface area is 118 Å². The first-order valence-electron chi connectivity index (χ1n) is 6.55. The van der Waals surface area contributed by atoms with Gasteiger partial charge in [-0.15, -0.1) is 0 Å². The molecule has 0 fully saturated rings. The van der Waals surface area contributed by atoms with E-state index in [1.54, 1.807) is 6.08 Å². The molecule has 102 valence electrons. The minimum absolute atomic E-state index is 0.148. The van der Waals surface area contributed by atoms with Crippen LogP contribution in [0.5, 0.6) is 5.75 Å². The van der Waals surface area contributed by atoms with Crippen molar-refractivity contribution in [3.63, 3.8) is 0 Å². The maximum atomic E-state index is 11.7. The molecular weight excluding hydrogens is 250 g/mol. The van der Waals surface area contributed by atoms with Crippen LogP contribution in [0.25, 0.3) is 6.08 Å². The number of anilines is 1. The van der Waals surface area contributed by atoms with E-state index in [0.717, 1.165) is 17.0 Å². The van der Waals surface area contributed by atoms with E-state index in [1.165, 1.54) is 6.08 Å². The second-order valence-electron chi connectivity index (χ2n) is 4.19. The van der Waals surface area contributed by atoms with Crippen molar-refractivity contribution < 1.29 is 9.53 Å². The molecule has 1 N–H and O–H groups in total. The predicted molar refractivity (Wildman–Crippen MR) is 81.7 cm³/mol. The van der Waals surface area contributed by atoms with E-state index in [2.05, 4.69) is 5.32 Å². The van der Waals surface area contributed by atoms with Gasteiger partial charge in [0.1, 0.15) is 5.75 Å². The maximum Gasteiger partial charge on any atom is 0.248 e. The van der Waals surface area contributed by atoms with E-state index in [-0.39, 0.29) is 5.91 Å². The number of carbonyl (C=O) groups is 1. The monoisotopic (exact) mass is 267 g/mol. The first-order valence-corrected chi connectivity index (χ1v) is 6.55. The van der Waals surface area contributed by atoms with Crippen molar-refractivity contribution in [1.82, 2.24) is 0 Å². The van der Waals surface area contributed by atoms with E-state index >= 15 is 0 Å².